The van der Waals surface area contributed by atoms with Gasteiger partial charge >= 0.3 is 5.69 Å². The Morgan fingerprint density at radius 1 is 1.25 bits per heavy atom. The first kappa shape index (κ1) is 14.6. The molecule has 7 heteroatoms. The highest BCUT2D eigenvalue weighted by Gasteiger charge is 2.28. The minimum absolute atomic E-state index is 0.288. The molecule has 0 heterocycles. The number of hydrogen-bond acceptors (Lipinski definition) is 4. The van der Waals surface area contributed by atoms with Crippen LogP contribution >= 0.6 is 0 Å². The summed E-state index contributed by atoms with van der Waals surface area (Å²) in [5.74, 6) is -2.55. The molecule has 1 fully saturated rings. The third-order valence-corrected chi connectivity index (χ3v) is 3.46. The lowest BCUT2D eigenvalue weighted by atomic mass is 10.1. The normalized spacial score (nSPS) is 23.1. The number of hydrogen-bond donors (Lipinski definition) is 1. The van der Waals surface area contributed by atoms with E-state index < -0.39 is 34.1 Å². The molecule has 1 saturated carbocycles. The molecule has 1 aromatic carbocycles. The second-order valence-corrected chi connectivity index (χ2v) is 4.95. The van der Waals surface area contributed by atoms with Crippen LogP contribution in [-0.2, 0) is 0 Å². The van der Waals surface area contributed by atoms with Gasteiger partial charge in [-0.2, -0.15) is 4.39 Å². The molecule has 0 aromatic heterocycles. The maximum atomic E-state index is 13.5. The van der Waals surface area contributed by atoms with E-state index in [1.807, 2.05) is 0 Å². The minimum atomic E-state index is -1.24. The van der Waals surface area contributed by atoms with Crippen LogP contribution in [0.1, 0.15) is 32.1 Å². The summed E-state index contributed by atoms with van der Waals surface area (Å²) in [6.07, 6.45) is 3.74. The van der Waals surface area contributed by atoms with E-state index in [0.29, 0.717) is 12.5 Å². The van der Waals surface area contributed by atoms with Gasteiger partial charge in [-0.05, 0) is 19.3 Å². The third-order valence-electron chi connectivity index (χ3n) is 3.46. The number of nitro benzene ring substituents is 1. The fourth-order valence-corrected chi connectivity index (χ4v) is 2.42. The van der Waals surface area contributed by atoms with E-state index in [1.54, 1.807) is 0 Å². The fourth-order valence-electron chi connectivity index (χ4n) is 2.42. The highest BCUT2D eigenvalue weighted by atomic mass is 19.1. The molecular weight excluding hydrogens is 270 g/mol. The smallest absolute Gasteiger partial charge is 0.346 e. The Balaban J connectivity index is 2.29. The van der Waals surface area contributed by atoms with Gasteiger partial charge in [-0.1, -0.05) is 12.8 Å². The molecule has 2 N–H and O–H groups in total. The Kier molecular flexibility index (Phi) is 4.49. The number of rotatable bonds is 3. The van der Waals surface area contributed by atoms with Gasteiger partial charge in [-0.25, -0.2) is 4.39 Å². The molecule has 20 heavy (non-hydrogen) atoms. The van der Waals surface area contributed by atoms with Crippen molar-refractivity contribution in [3.8, 4) is 5.75 Å². The molecule has 1 aromatic rings. The van der Waals surface area contributed by atoms with Crippen LogP contribution in [0.15, 0.2) is 12.1 Å². The summed E-state index contributed by atoms with van der Waals surface area (Å²) in [4.78, 5) is 9.97. The number of nitro groups is 1. The van der Waals surface area contributed by atoms with Crippen molar-refractivity contribution in [2.75, 3.05) is 0 Å². The zero-order valence-electron chi connectivity index (χ0n) is 10.9. The molecule has 2 rings (SSSR count). The van der Waals surface area contributed by atoms with Crippen molar-refractivity contribution < 1.29 is 18.4 Å². The lowest BCUT2D eigenvalue weighted by Crippen LogP contribution is -2.38. The summed E-state index contributed by atoms with van der Waals surface area (Å²) in [7, 11) is 0. The second kappa shape index (κ2) is 6.13. The average molecular weight is 286 g/mol. The van der Waals surface area contributed by atoms with Crippen molar-refractivity contribution in [3.63, 3.8) is 0 Å². The first-order valence-electron chi connectivity index (χ1n) is 6.54. The molecule has 0 bridgehead atoms. The first-order valence-corrected chi connectivity index (χ1v) is 6.54. The van der Waals surface area contributed by atoms with E-state index in [2.05, 4.69) is 0 Å². The molecule has 0 radical (unpaired) electrons. The number of nitrogens with two attached hydrogens (primary N) is 1. The molecule has 0 spiro atoms. The molecule has 0 amide bonds. The number of halogens is 2. The van der Waals surface area contributed by atoms with Crippen LogP contribution in [0.2, 0.25) is 0 Å². The molecule has 110 valence electrons. The van der Waals surface area contributed by atoms with Crippen LogP contribution in [-0.4, -0.2) is 17.1 Å². The maximum Gasteiger partial charge on any atom is 0.346 e. The Morgan fingerprint density at radius 2 is 1.95 bits per heavy atom. The predicted molar refractivity (Wildman–Crippen MR) is 68.5 cm³/mol. The van der Waals surface area contributed by atoms with Gasteiger partial charge in [0.2, 0.25) is 11.6 Å². The summed E-state index contributed by atoms with van der Waals surface area (Å²) in [6.45, 7) is 0. The van der Waals surface area contributed by atoms with Gasteiger partial charge in [-0.15, -0.1) is 0 Å². The first-order chi connectivity index (χ1) is 9.49. The molecular formula is C13H16F2N2O3. The molecule has 0 saturated heterocycles. The van der Waals surface area contributed by atoms with Crippen LogP contribution in [0.25, 0.3) is 0 Å². The molecule has 0 aliphatic heterocycles. The van der Waals surface area contributed by atoms with E-state index in [1.165, 1.54) is 0 Å². The van der Waals surface area contributed by atoms with Crippen LogP contribution in [0, 0.1) is 21.7 Å². The Bertz CT molecular complexity index is 511. The van der Waals surface area contributed by atoms with E-state index in [-0.39, 0.29) is 6.04 Å². The standard InChI is InChI=1S/C13H16F2N2O3/c14-8-6-9(15)13(17(18)19)12(7-8)20-11-5-3-1-2-4-10(11)16/h6-7,10-11H,1-5,16H2. The number of ether oxygens (including phenoxy) is 1. The highest BCUT2D eigenvalue weighted by molar-refractivity contribution is 5.47. The Hall–Kier alpha value is -1.76. The van der Waals surface area contributed by atoms with E-state index in [0.717, 1.165) is 31.7 Å². The summed E-state index contributed by atoms with van der Waals surface area (Å²) in [5, 5.41) is 10.9. The molecule has 2 atom stereocenters. The Morgan fingerprint density at radius 3 is 2.65 bits per heavy atom. The SMILES string of the molecule is NC1CCCCCC1Oc1cc(F)cc(F)c1[N+](=O)[O-]. The summed E-state index contributed by atoms with van der Waals surface area (Å²) < 4.78 is 32.2. The number of nitrogens with zero attached hydrogens (tertiary/aromatic N) is 1. The quantitative estimate of drug-likeness (QED) is 0.526. The lowest BCUT2D eigenvalue weighted by molar-refractivity contribution is -0.388. The predicted octanol–water partition coefficient (Wildman–Crippen LogP) is 2.91. The zero-order valence-corrected chi connectivity index (χ0v) is 10.9. The van der Waals surface area contributed by atoms with Gasteiger partial charge in [0, 0.05) is 18.2 Å². The van der Waals surface area contributed by atoms with Gasteiger partial charge < -0.3 is 10.5 Å². The van der Waals surface area contributed by atoms with E-state index in [4.69, 9.17) is 10.5 Å². The fraction of sp³-hybridized carbons (Fsp3) is 0.538. The van der Waals surface area contributed by atoms with Crippen molar-refractivity contribution in [1.29, 1.82) is 0 Å². The van der Waals surface area contributed by atoms with Gasteiger partial charge in [-0.3, -0.25) is 10.1 Å². The van der Waals surface area contributed by atoms with Crippen LogP contribution in [0.5, 0.6) is 5.75 Å². The monoisotopic (exact) mass is 286 g/mol. The van der Waals surface area contributed by atoms with Crippen molar-refractivity contribution in [2.45, 2.75) is 44.2 Å². The van der Waals surface area contributed by atoms with Crippen molar-refractivity contribution in [1.82, 2.24) is 0 Å². The molecule has 1 aliphatic carbocycles. The average Bonchev–Trinajstić information content (AvgIpc) is 2.53. The van der Waals surface area contributed by atoms with Crippen LogP contribution in [0.3, 0.4) is 0 Å². The third kappa shape index (κ3) is 3.22. The van der Waals surface area contributed by atoms with Crippen molar-refractivity contribution >= 4 is 5.69 Å². The highest BCUT2D eigenvalue weighted by Crippen LogP contribution is 2.33. The van der Waals surface area contributed by atoms with Crippen molar-refractivity contribution in [3.05, 3.63) is 33.9 Å². The van der Waals surface area contributed by atoms with Crippen LogP contribution in [0.4, 0.5) is 14.5 Å². The van der Waals surface area contributed by atoms with E-state index in [9.17, 15) is 18.9 Å². The number of benzene rings is 1. The maximum absolute atomic E-state index is 13.5. The van der Waals surface area contributed by atoms with Gasteiger partial charge in [0.1, 0.15) is 11.9 Å². The second-order valence-electron chi connectivity index (χ2n) is 4.95. The lowest BCUT2D eigenvalue weighted by Gasteiger charge is -2.22. The molecule has 5 nitrogen and oxygen atoms in total. The largest absolute Gasteiger partial charge is 0.482 e. The topological polar surface area (TPSA) is 78.4 Å². The summed E-state index contributed by atoms with van der Waals surface area (Å²) in [6, 6.07) is 1.01. The minimum Gasteiger partial charge on any atom is -0.482 e. The van der Waals surface area contributed by atoms with Gasteiger partial charge in [0.15, 0.2) is 0 Å². The molecule has 1 aliphatic rings. The van der Waals surface area contributed by atoms with Gasteiger partial charge in [0.25, 0.3) is 0 Å². The van der Waals surface area contributed by atoms with Crippen LogP contribution < -0.4 is 10.5 Å². The van der Waals surface area contributed by atoms with E-state index >= 15 is 0 Å². The zero-order chi connectivity index (χ0) is 14.7. The summed E-state index contributed by atoms with van der Waals surface area (Å²) in [5.41, 5.74) is 5.10. The molecule has 2 unspecified atom stereocenters. The van der Waals surface area contributed by atoms with Crippen molar-refractivity contribution in [2.24, 2.45) is 5.73 Å². The van der Waals surface area contributed by atoms with Gasteiger partial charge in [0.05, 0.1) is 4.92 Å². The Labute approximate surface area is 114 Å². The summed E-state index contributed by atoms with van der Waals surface area (Å²) >= 11 is 0.